The van der Waals surface area contributed by atoms with E-state index < -0.39 is 0 Å². The van der Waals surface area contributed by atoms with E-state index >= 15 is 0 Å². The van der Waals surface area contributed by atoms with Crippen LogP contribution >= 0.6 is 11.6 Å². The number of amides is 1. The second-order valence-electron chi connectivity index (χ2n) is 6.05. The monoisotopic (exact) mass is 294 g/mol. The van der Waals surface area contributed by atoms with Crippen molar-refractivity contribution in [3.8, 4) is 0 Å². The van der Waals surface area contributed by atoms with Crippen molar-refractivity contribution in [3.05, 3.63) is 34.9 Å². The number of hydrogen-bond acceptors (Lipinski definition) is 2. The van der Waals surface area contributed by atoms with Gasteiger partial charge in [0, 0.05) is 17.0 Å². The first kappa shape index (κ1) is 15.3. The molecular formula is C16H23ClN2O. The highest BCUT2D eigenvalue weighted by atomic mass is 35.5. The molecule has 1 fully saturated rings. The van der Waals surface area contributed by atoms with Crippen LogP contribution in [0.4, 0.5) is 0 Å². The van der Waals surface area contributed by atoms with Crippen molar-refractivity contribution in [1.82, 2.24) is 5.32 Å². The van der Waals surface area contributed by atoms with E-state index in [0.29, 0.717) is 10.9 Å². The van der Waals surface area contributed by atoms with Crippen molar-refractivity contribution < 1.29 is 4.79 Å². The first-order chi connectivity index (χ1) is 9.47. The predicted octanol–water partition coefficient (Wildman–Crippen LogP) is 3.28. The van der Waals surface area contributed by atoms with Gasteiger partial charge in [-0.3, -0.25) is 4.79 Å². The van der Waals surface area contributed by atoms with Crippen LogP contribution in [0.15, 0.2) is 24.3 Å². The van der Waals surface area contributed by atoms with Gasteiger partial charge in [-0.15, -0.1) is 0 Å². The van der Waals surface area contributed by atoms with Gasteiger partial charge in [0.15, 0.2) is 0 Å². The minimum atomic E-state index is 0.0246. The van der Waals surface area contributed by atoms with Crippen LogP contribution in [0.5, 0.6) is 0 Å². The van der Waals surface area contributed by atoms with E-state index in [-0.39, 0.29) is 23.9 Å². The largest absolute Gasteiger partial charge is 0.349 e. The smallest absolute Gasteiger partial charge is 0.223 e. The maximum atomic E-state index is 12.4. The van der Waals surface area contributed by atoms with Crippen LogP contribution in [0, 0.1) is 11.8 Å². The van der Waals surface area contributed by atoms with Gasteiger partial charge in [0.2, 0.25) is 5.91 Å². The number of nitrogens with two attached hydrogens (primary N) is 1. The van der Waals surface area contributed by atoms with Crippen LogP contribution in [0.2, 0.25) is 5.02 Å². The summed E-state index contributed by atoms with van der Waals surface area (Å²) < 4.78 is 0. The third-order valence-corrected chi connectivity index (χ3v) is 4.29. The maximum absolute atomic E-state index is 12.4. The summed E-state index contributed by atoms with van der Waals surface area (Å²) in [5.41, 5.74) is 6.98. The summed E-state index contributed by atoms with van der Waals surface area (Å²) in [5.74, 6) is 0.528. The molecule has 0 bridgehead atoms. The average molecular weight is 295 g/mol. The Morgan fingerprint density at radius 1 is 1.30 bits per heavy atom. The van der Waals surface area contributed by atoms with Crippen LogP contribution in [0.25, 0.3) is 0 Å². The lowest BCUT2D eigenvalue weighted by atomic mass is 9.95. The molecule has 3 atom stereocenters. The molecule has 2 rings (SSSR count). The van der Waals surface area contributed by atoms with Crippen LogP contribution in [0.3, 0.4) is 0 Å². The van der Waals surface area contributed by atoms with E-state index in [1.54, 1.807) is 0 Å². The molecule has 4 heteroatoms. The molecule has 0 aromatic heterocycles. The van der Waals surface area contributed by atoms with E-state index in [1.807, 2.05) is 24.3 Å². The number of nitrogens with one attached hydrogen (secondary N) is 1. The second-order valence-corrected chi connectivity index (χ2v) is 6.49. The van der Waals surface area contributed by atoms with Crippen LogP contribution in [-0.4, -0.2) is 11.9 Å². The van der Waals surface area contributed by atoms with E-state index in [2.05, 4.69) is 19.2 Å². The lowest BCUT2D eigenvalue weighted by molar-refractivity contribution is -0.125. The summed E-state index contributed by atoms with van der Waals surface area (Å²) in [6, 6.07) is 7.89. The van der Waals surface area contributed by atoms with Crippen molar-refractivity contribution in [3.63, 3.8) is 0 Å². The molecule has 0 spiro atoms. The summed E-state index contributed by atoms with van der Waals surface area (Å²) in [6.45, 7) is 4.22. The van der Waals surface area contributed by atoms with E-state index in [9.17, 15) is 4.79 Å². The van der Waals surface area contributed by atoms with Crippen molar-refractivity contribution in [2.45, 2.75) is 45.2 Å². The first-order valence-electron chi connectivity index (χ1n) is 7.28. The molecule has 1 saturated carbocycles. The van der Waals surface area contributed by atoms with Crippen molar-refractivity contribution >= 4 is 17.5 Å². The standard InChI is InChI=1S/C16H23ClN2O/c1-10(2)15(11-3-6-13(17)7-4-11)19-16(20)12-5-8-14(18)9-12/h3-4,6-7,10,12,14-15H,5,8-9,18H2,1-2H3,(H,19,20). The zero-order chi connectivity index (χ0) is 14.7. The second kappa shape index (κ2) is 6.59. The summed E-state index contributed by atoms with van der Waals surface area (Å²) in [7, 11) is 0. The molecule has 3 nitrogen and oxygen atoms in total. The Bertz CT molecular complexity index is 458. The number of carbonyl (C=O) groups is 1. The minimum absolute atomic E-state index is 0.0246. The highest BCUT2D eigenvalue weighted by Gasteiger charge is 2.29. The first-order valence-corrected chi connectivity index (χ1v) is 7.66. The topological polar surface area (TPSA) is 55.1 Å². The Labute approximate surface area is 125 Å². The maximum Gasteiger partial charge on any atom is 0.223 e. The van der Waals surface area contributed by atoms with Gasteiger partial charge in [-0.1, -0.05) is 37.6 Å². The van der Waals surface area contributed by atoms with Gasteiger partial charge in [-0.2, -0.15) is 0 Å². The fraction of sp³-hybridized carbons (Fsp3) is 0.562. The van der Waals surface area contributed by atoms with Crippen molar-refractivity contribution in [2.75, 3.05) is 0 Å². The lowest BCUT2D eigenvalue weighted by Gasteiger charge is -2.24. The molecule has 1 aliphatic rings. The number of carbonyl (C=O) groups excluding carboxylic acids is 1. The quantitative estimate of drug-likeness (QED) is 0.895. The van der Waals surface area contributed by atoms with Crippen LogP contribution < -0.4 is 11.1 Å². The van der Waals surface area contributed by atoms with E-state index in [4.69, 9.17) is 17.3 Å². The Morgan fingerprint density at radius 2 is 1.95 bits per heavy atom. The summed E-state index contributed by atoms with van der Waals surface area (Å²) in [6.07, 6.45) is 2.65. The molecule has 0 saturated heterocycles. The lowest BCUT2D eigenvalue weighted by Crippen LogP contribution is -2.36. The highest BCUT2D eigenvalue weighted by molar-refractivity contribution is 6.30. The van der Waals surface area contributed by atoms with Crippen molar-refractivity contribution in [1.29, 1.82) is 0 Å². The molecule has 20 heavy (non-hydrogen) atoms. The van der Waals surface area contributed by atoms with Crippen LogP contribution in [0.1, 0.15) is 44.7 Å². The zero-order valence-electron chi connectivity index (χ0n) is 12.1. The minimum Gasteiger partial charge on any atom is -0.349 e. The molecule has 110 valence electrons. The van der Waals surface area contributed by atoms with Gasteiger partial charge in [0.1, 0.15) is 0 Å². The fourth-order valence-electron chi connectivity index (χ4n) is 2.83. The normalized spacial score (nSPS) is 23.9. The van der Waals surface area contributed by atoms with E-state index in [1.165, 1.54) is 0 Å². The van der Waals surface area contributed by atoms with Gasteiger partial charge in [0.25, 0.3) is 0 Å². The Kier molecular flexibility index (Phi) is 5.06. The molecule has 1 amide bonds. The predicted molar refractivity (Wildman–Crippen MR) is 82.5 cm³/mol. The summed E-state index contributed by atoms with van der Waals surface area (Å²) in [5, 5.41) is 3.89. The molecule has 0 heterocycles. The third-order valence-electron chi connectivity index (χ3n) is 4.04. The van der Waals surface area contributed by atoms with Gasteiger partial charge in [-0.25, -0.2) is 0 Å². The number of benzene rings is 1. The fourth-order valence-corrected chi connectivity index (χ4v) is 2.96. The molecule has 0 radical (unpaired) electrons. The Morgan fingerprint density at radius 3 is 2.45 bits per heavy atom. The number of hydrogen-bond donors (Lipinski definition) is 2. The van der Waals surface area contributed by atoms with Gasteiger partial charge in [-0.05, 0) is 42.9 Å². The SMILES string of the molecule is CC(C)C(NC(=O)C1CCC(N)C1)c1ccc(Cl)cc1. The molecule has 1 aromatic carbocycles. The number of rotatable bonds is 4. The Hall–Kier alpha value is -1.06. The van der Waals surface area contributed by atoms with Gasteiger partial charge >= 0.3 is 0 Å². The Balaban J connectivity index is 2.06. The molecule has 1 aromatic rings. The highest BCUT2D eigenvalue weighted by Crippen LogP contribution is 2.28. The van der Waals surface area contributed by atoms with Crippen LogP contribution in [-0.2, 0) is 4.79 Å². The summed E-state index contributed by atoms with van der Waals surface area (Å²) >= 11 is 5.92. The molecule has 1 aliphatic carbocycles. The van der Waals surface area contributed by atoms with Gasteiger partial charge in [0.05, 0.1) is 6.04 Å². The molecule has 0 aliphatic heterocycles. The van der Waals surface area contributed by atoms with E-state index in [0.717, 1.165) is 24.8 Å². The van der Waals surface area contributed by atoms with Crippen molar-refractivity contribution in [2.24, 2.45) is 17.6 Å². The molecular weight excluding hydrogens is 272 g/mol. The summed E-state index contributed by atoms with van der Waals surface area (Å²) in [4.78, 5) is 12.4. The molecule has 3 N–H and O–H groups in total. The van der Waals surface area contributed by atoms with Gasteiger partial charge < -0.3 is 11.1 Å². The molecule has 3 unspecified atom stereocenters. The average Bonchev–Trinajstić information content (AvgIpc) is 2.83. The number of halogens is 1. The zero-order valence-corrected chi connectivity index (χ0v) is 12.9. The third kappa shape index (κ3) is 3.74.